The lowest BCUT2D eigenvalue weighted by atomic mass is 9.95. The topological polar surface area (TPSA) is 66.8 Å². The number of ketones is 1. The number of para-hydroxylation sites is 1. The van der Waals surface area contributed by atoms with Gasteiger partial charge in [-0.15, -0.1) is 0 Å². The number of amides is 1. The second-order valence-electron chi connectivity index (χ2n) is 6.87. The number of Topliss-reactive ketones (excluding diaryl/α,β-unsaturated/α-hetero) is 1. The van der Waals surface area contributed by atoms with Crippen LogP contribution in [-0.2, 0) is 9.59 Å². The van der Waals surface area contributed by atoms with Crippen LogP contribution in [0.3, 0.4) is 0 Å². The van der Waals surface area contributed by atoms with Crippen molar-refractivity contribution in [1.29, 1.82) is 0 Å². The first-order chi connectivity index (χ1) is 14.6. The van der Waals surface area contributed by atoms with Gasteiger partial charge in [0.1, 0.15) is 11.5 Å². The quantitative estimate of drug-likeness (QED) is 0.383. The van der Waals surface area contributed by atoms with E-state index in [4.69, 9.17) is 4.74 Å². The van der Waals surface area contributed by atoms with Gasteiger partial charge in [-0.1, -0.05) is 48.5 Å². The molecule has 30 heavy (non-hydrogen) atoms. The highest BCUT2D eigenvalue weighted by Gasteiger charge is 2.46. The summed E-state index contributed by atoms with van der Waals surface area (Å²) in [5, 5.41) is 11.1. The summed E-state index contributed by atoms with van der Waals surface area (Å²) in [6, 6.07) is 24.3. The van der Waals surface area contributed by atoms with Crippen LogP contribution in [0.15, 0.2) is 90.5 Å². The number of anilines is 1. The molecule has 0 aromatic heterocycles. The number of carbonyl (C=O) groups is 2. The summed E-state index contributed by atoms with van der Waals surface area (Å²) >= 11 is 0. The standard InChI is InChI=1S/C25H21NO4/c1-2-30-20-15-13-18(14-16-20)23(27)21-22(17-9-5-3-6-10-17)26(25(29)24(21)28)19-11-7-4-8-12-19/h3-16,22,27H,2H2,1H3/t22-/m0/s1. The van der Waals surface area contributed by atoms with Crippen molar-refractivity contribution in [3.8, 4) is 5.75 Å². The van der Waals surface area contributed by atoms with Crippen molar-refractivity contribution in [2.45, 2.75) is 13.0 Å². The Kier molecular flexibility index (Phi) is 5.35. The highest BCUT2D eigenvalue weighted by atomic mass is 16.5. The number of hydrogen-bond acceptors (Lipinski definition) is 4. The third kappa shape index (κ3) is 3.46. The van der Waals surface area contributed by atoms with Crippen LogP contribution < -0.4 is 9.64 Å². The van der Waals surface area contributed by atoms with Crippen LogP contribution in [0.4, 0.5) is 5.69 Å². The van der Waals surface area contributed by atoms with Gasteiger partial charge in [0.2, 0.25) is 0 Å². The molecule has 1 aliphatic rings. The molecule has 5 heteroatoms. The molecule has 0 saturated carbocycles. The van der Waals surface area contributed by atoms with E-state index in [1.54, 1.807) is 36.4 Å². The number of aliphatic hydroxyl groups excluding tert-OH is 1. The highest BCUT2D eigenvalue weighted by molar-refractivity contribution is 6.51. The smallest absolute Gasteiger partial charge is 0.300 e. The number of benzene rings is 3. The third-order valence-corrected chi connectivity index (χ3v) is 5.03. The van der Waals surface area contributed by atoms with Gasteiger partial charge in [-0.2, -0.15) is 0 Å². The molecule has 1 fully saturated rings. The van der Waals surface area contributed by atoms with E-state index in [1.807, 2.05) is 55.5 Å². The lowest BCUT2D eigenvalue weighted by Crippen LogP contribution is -2.29. The lowest BCUT2D eigenvalue weighted by Gasteiger charge is -2.25. The molecule has 1 atom stereocenters. The summed E-state index contributed by atoms with van der Waals surface area (Å²) in [4.78, 5) is 27.5. The number of carbonyl (C=O) groups excluding carboxylic acids is 2. The van der Waals surface area contributed by atoms with E-state index >= 15 is 0 Å². The molecular formula is C25H21NO4. The lowest BCUT2D eigenvalue weighted by molar-refractivity contribution is -0.132. The summed E-state index contributed by atoms with van der Waals surface area (Å²) < 4.78 is 5.44. The molecule has 1 N–H and O–H groups in total. The molecule has 3 aromatic rings. The predicted molar refractivity (Wildman–Crippen MR) is 115 cm³/mol. The molecule has 0 radical (unpaired) electrons. The summed E-state index contributed by atoms with van der Waals surface area (Å²) in [5.74, 6) is -0.913. The van der Waals surface area contributed by atoms with Gasteiger partial charge in [0.25, 0.3) is 11.7 Å². The van der Waals surface area contributed by atoms with Gasteiger partial charge < -0.3 is 9.84 Å². The van der Waals surface area contributed by atoms with Crippen LogP contribution in [0.2, 0.25) is 0 Å². The molecule has 0 spiro atoms. The van der Waals surface area contributed by atoms with Crippen molar-refractivity contribution in [3.05, 3.63) is 102 Å². The molecule has 1 aliphatic heterocycles. The van der Waals surface area contributed by atoms with Crippen LogP contribution in [-0.4, -0.2) is 23.4 Å². The molecule has 0 aliphatic carbocycles. The summed E-state index contributed by atoms with van der Waals surface area (Å²) in [5.41, 5.74) is 1.86. The molecule has 1 heterocycles. The van der Waals surface area contributed by atoms with Crippen LogP contribution >= 0.6 is 0 Å². The van der Waals surface area contributed by atoms with Crippen LogP contribution in [0.1, 0.15) is 24.1 Å². The van der Waals surface area contributed by atoms with E-state index in [0.717, 1.165) is 5.56 Å². The SMILES string of the molecule is CCOc1ccc(C(O)=C2C(=O)C(=O)N(c3ccccc3)[C@H]2c2ccccc2)cc1. The van der Waals surface area contributed by atoms with E-state index in [2.05, 4.69) is 0 Å². The van der Waals surface area contributed by atoms with E-state index in [9.17, 15) is 14.7 Å². The average Bonchev–Trinajstić information content (AvgIpc) is 3.06. The second-order valence-corrected chi connectivity index (χ2v) is 6.87. The van der Waals surface area contributed by atoms with E-state index in [-0.39, 0.29) is 11.3 Å². The van der Waals surface area contributed by atoms with Crippen molar-refractivity contribution < 1.29 is 19.4 Å². The zero-order valence-electron chi connectivity index (χ0n) is 16.5. The minimum atomic E-state index is -0.722. The van der Waals surface area contributed by atoms with Gasteiger partial charge in [0, 0.05) is 11.3 Å². The molecule has 1 saturated heterocycles. The van der Waals surface area contributed by atoms with Gasteiger partial charge in [-0.05, 0) is 48.9 Å². The normalized spacial score (nSPS) is 17.9. The fourth-order valence-electron chi connectivity index (χ4n) is 3.67. The molecule has 0 bridgehead atoms. The molecular weight excluding hydrogens is 378 g/mol. The molecule has 1 amide bonds. The number of ether oxygens (including phenoxy) is 1. The summed E-state index contributed by atoms with van der Waals surface area (Å²) in [7, 11) is 0. The minimum Gasteiger partial charge on any atom is -0.507 e. The van der Waals surface area contributed by atoms with Crippen molar-refractivity contribution in [3.63, 3.8) is 0 Å². The number of aliphatic hydroxyl groups is 1. The maximum atomic E-state index is 13.0. The first-order valence-electron chi connectivity index (χ1n) is 9.76. The summed E-state index contributed by atoms with van der Waals surface area (Å²) in [6.07, 6.45) is 0. The highest BCUT2D eigenvalue weighted by Crippen LogP contribution is 2.42. The fourth-order valence-corrected chi connectivity index (χ4v) is 3.67. The van der Waals surface area contributed by atoms with Crippen LogP contribution in [0.5, 0.6) is 5.75 Å². The fraction of sp³-hybridized carbons (Fsp3) is 0.120. The Bertz CT molecular complexity index is 1090. The summed E-state index contributed by atoms with van der Waals surface area (Å²) in [6.45, 7) is 2.42. The Morgan fingerprint density at radius 1 is 0.900 bits per heavy atom. The van der Waals surface area contributed by atoms with E-state index in [0.29, 0.717) is 23.6 Å². The molecule has 4 rings (SSSR count). The van der Waals surface area contributed by atoms with Crippen molar-refractivity contribution in [2.24, 2.45) is 0 Å². The van der Waals surface area contributed by atoms with Crippen molar-refractivity contribution >= 4 is 23.1 Å². The third-order valence-electron chi connectivity index (χ3n) is 5.03. The molecule has 150 valence electrons. The van der Waals surface area contributed by atoms with Crippen molar-refractivity contribution in [1.82, 2.24) is 0 Å². The van der Waals surface area contributed by atoms with E-state index < -0.39 is 17.7 Å². The average molecular weight is 399 g/mol. The molecule has 5 nitrogen and oxygen atoms in total. The molecule has 3 aromatic carbocycles. The zero-order valence-corrected chi connectivity index (χ0v) is 16.5. The van der Waals surface area contributed by atoms with E-state index in [1.165, 1.54) is 4.90 Å². The maximum absolute atomic E-state index is 13.0. The Morgan fingerprint density at radius 3 is 2.10 bits per heavy atom. The Hall–Kier alpha value is -3.86. The zero-order chi connectivity index (χ0) is 21.1. The predicted octanol–water partition coefficient (Wildman–Crippen LogP) is 4.71. The van der Waals surface area contributed by atoms with Crippen LogP contribution in [0.25, 0.3) is 5.76 Å². The Labute approximate surface area is 174 Å². The molecule has 0 unspecified atom stereocenters. The second kappa shape index (κ2) is 8.25. The van der Waals surface area contributed by atoms with Gasteiger partial charge in [0.05, 0.1) is 18.2 Å². The van der Waals surface area contributed by atoms with Gasteiger partial charge >= 0.3 is 0 Å². The first kappa shape index (κ1) is 19.5. The Morgan fingerprint density at radius 2 is 1.50 bits per heavy atom. The first-order valence-corrected chi connectivity index (χ1v) is 9.76. The van der Waals surface area contributed by atoms with Crippen molar-refractivity contribution in [2.75, 3.05) is 11.5 Å². The number of hydrogen-bond donors (Lipinski definition) is 1. The van der Waals surface area contributed by atoms with Gasteiger partial charge in [-0.25, -0.2) is 0 Å². The number of rotatable bonds is 5. The largest absolute Gasteiger partial charge is 0.507 e. The van der Waals surface area contributed by atoms with Gasteiger partial charge in [-0.3, -0.25) is 14.5 Å². The Balaban J connectivity index is 1.87. The monoisotopic (exact) mass is 399 g/mol. The van der Waals surface area contributed by atoms with Gasteiger partial charge in [0.15, 0.2) is 0 Å². The minimum absolute atomic E-state index is 0.0687. The number of nitrogens with zero attached hydrogens (tertiary/aromatic N) is 1. The van der Waals surface area contributed by atoms with Crippen LogP contribution in [0, 0.1) is 0 Å². The maximum Gasteiger partial charge on any atom is 0.300 e.